The first-order valence-electron chi connectivity index (χ1n) is 10.4. The van der Waals surface area contributed by atoms with Crippen LogP contribution in [0.2, 0.25) is 0 Å². The van der Waals surface area contributed by atoms with E-state index in [1.54, 1.807) is 54.9 Å². The van der Waals surface area contributed by atoms with E-state index in [1.807, 2.05) is 36.4 Å². The molecule has 0 bridgehead atoms. The molecule has 1 amide bonds. The normalized spacial score (nSPS) is 17.5. The number of ketones is 1. The minimum absolute atomic E-state index is 0.0207. The minimum atomic E-state index is -0.837. The average Bonchev–Trinajstić information content (AvgIpc) is 3.13. The molecule has 1 fully saturated rings. The Labute approximate surface area is 190 Å². The summed E-state index contributed by atoms with van der Waals surface area (Å²) in [6, 6.07) is 22.8. The average molecular weight is 436 g/mol. The molecule has 33 heavy (non-hydrogen) atoms. The summed E-state index contributed by atoms with van der Waals surface area (Å²) in [6.45, 7) is 0. The molecule has 5 rings (SSSR count). The molecule has 1 atom stereocenters. The molecule has 0 radical (unpaired) electrons. The van der Waals surface area contributed by atoms with Crippen LogP contribution >= 0.6 is 0 Å². The summed E-state index contributed by atoms with van der Waals surface area (Å²) >= 11 is 0. The molecular weight excluding hydrogens is 416 g/mol. The smallest absolute Gasteiger partial charge is 0.300 e. The van der Waals surface area contributed by atoms with Gasteiger partial charge in [0.05, 0.1) is 24.4 Å². The number of rotatable bonds is 4. The van der Waals surface area contributed by atoms with E-state index >= 15 is 0 Å². The van der Waals surface area contributed by atoms with E-state index in [4.69, 9.17) is 4.74 Å². The molecule has 162 valence electrons. The second-order valence-corrected chi connectivity index (χ2v) is 7.68. The Kier molecular flexibility index (Phi) is 5.11. The highest BCUT2D eigenvalue weighted by Crippen LogP contribution is 2.44. The number of aliphatic hydroxyl groups is 1. The van der Waals surface area contributed by atoms with E-state index in [0.717, 1.165) is 10.8 Å². The molecular formula is C27H20N2O4. The standard InChI is InChI=1S/C27H20N2O4/c1-33-22-9-5-4-8-21(22)29-24(18-12-14-28-15-13-18)23(26(31)27(29)32)25(30)20-11-10-17-6-2-3-7-19(17)16-20/h2-16,24,30H,1H3/b25-23-. The van der Waals surface area contributed by atoms with Crippen molar-refractivity contribution in [2.75, 3.05) is 12.0 Å². The van der Waals surface area contributed by atoms with Gasteiger partial charge in [-0.25, -0.2) is 0 Å². The van der Waals surface area contributed by atoms with E-state index in [0.29, 0.717) is 22.6 Å². The fourth-order valence-corrected chi connectivity index (χ4v) is 4.26. The largest absolute Gasteiger partial charge is 0.507 e. The van der Waals surface area contributed by atoms with E-state index in [9.17, 15) is 14.7 Å². The van der Waals surface area contributed by atoms with Gasteiger partial charge in [-0.2, -0.15) is 0 Å². The second-order valence-electron chi connectivity index (χ2n) is 7.68. The summed E-state index contributed by atoms with van der Waals surface area (Å²) in [5.74, 6) is -1.26. The lowest BCUT2D eigenvalue weighted by atomic mass is 9.95. The number of aromatic nitrogens is 1. The molecule has 1 saturated heterocycles. The van der Waals surface area contributed by atoms with Crippen molar-refractivity contribution < 1.29 is 19.4 Å². The molecule has 1 aromatic heterocycles. The molecule has 1 N–H and O–H groups in total. The van der Waals surface area contributed by atoms with Gasteiger partial charge >= 0.3 is 0 Å². The zero-order valence-electron chi connectivity index (χ0n) is 17.8. The Hall–Kier alpha value is -4.45. The van der Waals surface area contributed by atoms with Crippen molar-refractivity contribution in [2.24, 2.45) is 0 Å². The molecule has 4 aromatic rings. The van der Waals surface area contributed by atoms with Crippen molar-refractivity contribution >= 4 is 33.9 Å². The van der Waals surface area contributed by atoms with Gasteiger partial charge in [-0.05, 0) is 46.7 Å². The maximum atomic E-state index is 13.3. The zero-order valence-corrected chi connectivity index (χ0v) is 17.8. The van der Waals surface area contributed by atoms with Gasteiger partial charge in [0.1, 0.15) is 11.5 Å². The fourth-order valence-electron chi connectivity index (χ4n) is 4.26. The number of benzene rings is 3. The zero-order chi connectivity index (χ0) is 22.9. The molecule has 6 nitrogen and oxygen atoms in total. The van der Waals surface area contributed by atoms with Gasteiger partial charge in [-0.1, -0.05) is 48.5 Å². The highest BCUT2D eigenvalue weighted by atomic mass is 16.5. The molecule has 2 heterocycles. The molecule has 0 spiro atoms. The van der Waals surface area contributed by atoms with Crippen molar-refractivity contribution in [3.8, 4) is 5.75 Å². The maximum absolute atomic E-state index is 13.3. The Morgan fingerprint density at radius 1 is 0.909 bits per heavy atom. The number of nitrogens with zero attached hydrogens (tertiary/aromatic N) is 2. The van der Waals surface area contributed by atoms with Crippen molar-refractivity contribution in [1.29, 1.82) is 0 Å². The SMILES string of the molecule is COc1ccccc1N1C(=O)C(=O)/C(=C(\O)c2ccc3ccccc3c2)C1c1ccncc1. The first-order chi connectivity index (χ1) is 16.1. The lowest BCUT2D eigenvalue weighted by Gasteiger charge is -2.26. The Morgan fingerprint density at radius 3 is 2.36 bits per heavy atom. The lowest BCUT2D eigenvalue weighted by molar-refractivity contribution is -0.132. The van der Waals surface area contributed by atoms with Crippen LogP contribution in [0.25, 0.3) is 16.5 Å². The summed E-state index contributed by atoms with van der Waals surface area (Å²) in [7, 11) is 1.51. The number of aliphatic hydroxyl groups excluding tert-OH is 1. The van der Waals surface area contributed by atoms with Crippen LogP contribution in [0.15, 0.2) is 96.8 Å². The third-order valence-electron chi connectivity index (χ3n) is 5.83. The number of fused-ring (bicyclic) bond motifs is 1. The van der Waals surface area contributed by atoms with Gasteiger partial charge in [-0.15, -0.1) is 0 Å². The molecule has 1 aliphatic rings. The van der Waals surface area contributed by atoms with Crippen molar-refractivity contribution in [3.05, 3.63) is 108 Å². The van der Waals surface area contributed by atoms with Crippen LogP contribution in [0.5, 0.6) is 5.75 Å². The first-order valence-corrected chi connectivity index (χ1v) is 10.4. The number of amides is 1. The van der Waals surface area contributed by atoms with Crippen molar-refractivity contribution in [1.82, 2.24) is 4.98 Å². The Bertz CT molecular complexity index is 1410. The summed E-state index contributed by atoms with van der Waals surface area (Å²) < 4.78 is 5.46. The van der Waals surface area contributed by atoms with Crippen LogP contribution in [0.4, 0.5) is 5.69 Å². The van der Waals surface area contributed by atoms with Crippen LogP contribution < -0.4 is 9.64 Å². The molecule has 6 heteroatoms. The maximum Gasteiger partial charge on any atom is 0.300 e. The fraction of sp³-hybridized carbons (Fsp3) is 0.0741. The molecule has 0 saturated carbocycles. The van der Waals surface area contributed by atoms with Crippen LogP contribution in [0.3, 0.4) is 0 Å². The molecule has 3 aromatic carbocycles. The summed E-state index contributed by atoms with van der Waals surface area (Å²) in [5.41, 5.74) is 1.58. The highest BCUT2D eigenvalue weighted by Gasteiger charge is 2.47. The number of methoxy groups -OCH3 is 1. The van der Waals surface area contributed by atoms with E-state index in [-0.39, 0.29) is 11.3 Å². The number of Topliss-reactive ketones (excluding diaryl/α,β-unsaturated/α-hetero) is 1. The topological polar surface area (TPSA) is 79.7 Å². The molecule has 1 unspecified atom stereocenters. The number of hydrogen-bond acceptors (Lipinski definition) is 5. The third kappa shape index (κ3) is 3.42. The minimum Gasteiger partial charge on any atom is -0.507 e. The lowest BCUT2D eigenvalue weighted by Crippen LogP contribution is -2.29. The third-order valence-corrected chi connectivity index (χ3v) is 5.83. The van der Waals surface area contributed by atoms with E-state index in [1.165, 1.54) is 12.0 Å². The number of para-hydroxylation sites is 2. The van der Waals surface area contributed by atoms with Gasteiger partial charge in [0.15, 0.2) is 0 Å². The Morgan fingerprint density at radius 2 is 1.61 bits per heavy atom. The monoisotopic (exact) mass is 436 g/mol. The van der Waals surface area contributed by atoms with Gasteiger partial charge in [0, 0.05) is 18.0 Å². The van der Waals surface area contributed by atoms with Gasteiger partial charge in [0.25, 0.3) is 11.7 Å². The van der Waals surface area contributed by atoms with Gasteiger partial charge < -0.3 is 9.84 Å². The van der Waals surface area contributed by atoms with Gasteiger partial charge in [0.2, 0.25) is 0 Å². The quantitative estimate of drug-likeness (QED) is 0.281. The molecule has 1 aliphatic heterocycles. The highest BCUT2D eigenvalue weighted by molar-refractivity contribution is 6.52. The van der Waals surface area contributed by atoms with Crippen LogP contribution in [0, 0.1) is 0 Å². The summed E-state index contributed by atoms with van der Waals surface area (Å²) in [5, 5.41) is 13.2. The predicted molar refractivity (Wildman–Crippen MR) is 126 cm³/mol. The van der Waals surface area contributed by atoms with Crippen LogP contribution in [0.1, 0.15) is 17.2 Å². The van der Waals surface area contributed by atoms with Crippen molar-refractivity contribution in [2.45, 2.75) is 6.04 Å². The number of anilines is 1. The van der Waals surface area contributed by atoms with Crippen molar-refractivity contribution in [3.63, 3.8) is 0 Å². The number of carbonyl (C=O) groups excluding carboxylic acids is 2. The van der Waals surface area contributed by atoms with Crippen LogP contribution in [-0.2, 0) is 9.59 Å². The summed E-state index contributed by atoms with van der Waals surface area (Å²) in [6.07, 6.45) is 3.18. The number of carbonyl (C=O) groups is 2. The predicted octanol–water partition coefficient (Wildman–Crippen LogP) is 4.87. The number of ether oxygens (including phenoxy) is 1. The summed E-state index contributed by atoms with van der Waals surface area (Å²) in [4.78, 5) is 32.0. The van der Waals surface area contributed by atoms with E-state index < -0.39 is 17.7 Å². The number of hydrogen-bond donors (Lipinski definition) is 1. The molecule has 0 aliphatic carbocycles. The van der Waals surface area contributed by atoms with Crippen LogP contribution in [-0.4, -0.2) is 28.9 Å². The first kappa shape index (κ1) is 20.5. The Balaban J connectivity index is 1.74. The van der Waals surface area contributed by atoms with Gasteiger partial charge in [-0.3, -0.25) is 19.5 Å². The second kappa shape index (κ2) is 8.24. The number of pyridine rings is 1. The van der Waals surface area contributed by atoms with E-state index in [2.05, 4.69) is 4.98 Å².